The molecule has 1 saturated heterocycles. The molecule has 0 radical (unpaired) electrons. The van der Waals surface area contributed by atoms with Crippen molar-refractivity contribution < 1.29 is 0 Å². The van der Waals surface area contributed by atoms with E-state index in [4.69, 9.17) is 5.73 Å². The molecule has 78 valence electrons. The number of nitrogens with two attached hydrogens (primary N) is 1. The normalized spacial score (nSPS) is 22.2. The molecular weight excluding hydrogens is 229 g/mol. The smallest absolute Gasteiger partial charge is 0.159 e. The molecule has 0 aliphatic carbocycles. The standard InChI is InChI=1S/C7H13N3S.2ClH/c8-6-4-10(5-6)7-9-2-1-3-11-7;;/h6H,1-5,8H2;2*1H. The highest BCUT2D eigenvalue weighted by molar-refractivity contribution is 8.13. The van der Waals surface area contributed by atoms with Gasteiger partial charge in [-0.3, -0.25) is 4.99 Å². The number of rotatable bonds is 0. The summed E-state index contributed by atoms with van der Waals surface area (Å²) >= 11 is 1.87. The van der Waals surface area contributed by atoms with Gasteiger partial charge in [0.2, 0.25) is 0 Å². The fourth-order valence-corrected chi connectivity index (χ4v) is 2.28. The summed E-state index contributed by atoms with van der Waals surface area (Å²) in [7, 11) is 0. The zero-order valence-electron chi connectivity index (χ0n) is 7.31. The predicted octanol–water partition coefficient (Wildman–Crippen LogP) is 0.966. The van der Waals surface area contributed by atoms with E-state index in [1.165, 1.54) is 17.3 Å². The summed E-state index contributed by atoms with van der Waals surface area (Å²) in [6, 6.07) is 0.389. The van der Waals surface area contributed by atoms with Crippen molar-refractivity contribution in [3.63, 3.8) is 0 Å². The van der Waals surface area contributed by atoms with E-state index in [9.17, 15) is 0 Å². The molecule has 0 aromatic carbocycles. The molecule has 2 rings (SSSR count). The number of nitrogens with zero attached hydrogens (tertiary/aromatic N) is 2. The van der Waals surface area contributed by atoms with Crippen LogP contribution in [-0.4, -0.2) is 41.5 Å². The van der Waals surface area contributed by atoms with Gasteiger partial charge >= 0.3 is 0 Å². The molecule has 2 heterocycles. The van der Waals surface area contributed by atoms with Crippen molar-refractivity contribution in [2.24, 2.45) is 10.7 Å². The van der Waals surface area contributed by atoms with E-state index in [2.05, 4.69) is 9.89 Å². The van der Waals surface area contributed by atoms with Crippen molar-refractivity contribution in [3.8, 4) is 0 Å². The molecule has 6 heteroatoms. The molecule has 0 atom stereocenters. The minimum Gasteiger partial charge on any atom is -0.348 e. The summed E-state index contributed by atoms with van der Waals surface area (Å²) in [5.41, 5.74) is 5.67. The Morgan fingerprint density at radius 3 is 2.54 bits per heavy atom. The Kier molecular flexibility index (Phi) is 6.12. The number of hydrogen-bond acceptors (Lipinski definition) is 4. The van der Waals surface area contributed by atoms with Gasteiger partial charge in [-0.1, -0.05) is 11.8 Å². The Balaban J connectivity index is 0.000000720. The van der Waals surface area contributed by atoms with Crippen molar-refractivity contribution in [1.29, 1.82) is 0 Å². The van der Waals surface area contributed by atoms with E-state index >= 15 is 0 Å². The summed E-state index contributed by atoms with van der Waals surface area (Å²) in [5.74, 6) is 1.23. The molecule has 0 spiro atoms. The maximum Gasteiger partial charge on any atom is 0.159 e. The van der Waals surface area contributed by atoms with Gasteiger partial charge in [0.25, 0.3) is 0 Å². The van der Waals surface area contributed by atoms with Gasteiger partial charge in [0.1, 0.15) is 0 Å². The number of likely N-dealkylation sites (tertiary alicyclic amines) is 1. The number of amidine groups is 1. The zero-order chi connectivity index (χ0) is 7.68. The second kappa shape index (κ2) is 5.96. The predicted molar refractivity (Wildman–Crippen MR) is 63.4 cm³/mol. The van der Waals surface area contributed by atoms with Gasteiger partial charge in [-0.15, -0.1) is 24.8 Å². The van der Waals surface area contributed by atoms with Crippen LogP contribution in [0.15, 0.2) is 4.99 Å². The highest BCUT2D eigenvalue weighted by Gasteiger charge is 2.26. The molecule has 2 N–H and O–H groups in total. The maximum atomic E-state index is 5.67. The summed E-state index contributed by atoms with van der Waals surface area (Å²) in [4.78, 5) is 6.71. The van der Waals surface area contributed by atoms with Crippen LogP contribution in [0.2, 0.25) is 0 Å². The third-order valence-corrected chi connectivity index (χ3v) is 3.10. The van der Waals surface area contributed by atoms with Gasteiger partial charge in [-0.05, 0) is 6.42 Å². The first-order valence-corrected chi connectivity index (χ1v) is 5.02. The van der Waals surface area contributed by atoms with Crippen LogP contribution in [0.5, 0.6) is 0 Å². The van der Waals surface area contributed by atoms with Crippen molar-refractivity contribution in [1.82, 2.24) is 4.90 Å². The third kappa shape index (κ3) is 3.20. The minimum atomic E-state index is 0. The average molecular weight is 244 g/mol. The van der Waals surface area contributed by atoms with Crippen molar-refractivity contribution in [2.45, 2.75) is 12.5 Å². The number of hydrogen-bond donors (Lipinski definition) is 1. The Bertz CT molecular complexity index is 183. The SMILES string of the molecule is Cl.Cl.NC1CN(C2=NCCCS2)C1. The molecule has 1 fully saturated rings. The van der Waals surface area contributed by atoms with Crippen molar-refractivity contribution >= 4 is 41.7 Å². The summed E-state index contributed by atoms with van der Waals surface area (Å²) in [5, 5.41) is 1.22. The highest BCUT2D eigenvalue weighted by Crippen LogP contribution is 2.19. The van der Waals surface area contributed by atoms with E-state index < -0.39 is 0 Å². The summed E-state index contributed by atoms with van der Waals surface area (Å²) in [6.45, 7) is 3.02. The van der Waals surface area contributed by atoms with E-state index in [-0.39, 0.29) is 24.8 Å². The first-order valence-electron chi connectivity index (χ1n) is 4.04. The van der Waals surface area contributed by atoms with Gasteiger partial charge in [-0.25, -0.2) is 0 Å². The topological polar surface area (TPSA) is 41.6 Å². The molecule has 13 heavy (non-hydrogen) atoms. The number of thioether (sulfide) groups is 1. The Labute approximate surface area is 95.3 Å². The number of aliphatic imine (C=N–C) groups is 1. The zero-order valence-corrected chi connectivity index (χ0v) is 9.76. The van der Waals surface area contributed by atoms with Crippen LogP contribution in [0.4, 0.5) is 0 Å². The quantitative estimate of drug-likeness (QED) is 0.690. The van der Waals surface area contributed by atoms with Crippen molar-refractivity contribution in [3.05, 3.63) is 0 Å². The molecule has 3 nitrogen and oxygen atoms in total. The molecule has 2 aliphatic rings. The third-order valence-electron chi connectivity index (χ3n) is 1.96. The van der Waals surface area contributed by atoms with E-state index in [0.29, 0.717) is 6.04 Å². The minimum absolute atomic E-state index is 0. The van der Waals surface area contributed by atoms with Gasteiger partial charge in [-0.2, -0.15) is 0 Å². The van der Waals surface area contributed by atoms with Gasteiger partial charge < -0.3 is 10.6 Å². The van der Waals surface area contributed by atoms with Crippen LogP contribution in [-0.2, 0) is 0 Å². The molecular formula is C7H15Cl2N3S. The largest absolute Gasteiger partial charge is 0.348 e. The molecule has 0 amide bonds. The fraction of sp³-hybridized carbons (Fsp3) is 0.857. The monoisotopic (exact) mass is 243 g/mol. The first kappa shape index (κ1) is 13.4. The Morgan fingerprint density at radius 1 is 1.38 bits per heavy atom. The van der Waals surface area contributed by atoms with E-state index in [1.54, 1.807) is 0 Å². The summed E-state index contributed by atoms with van der Waals surface area (Å²) < 4.78 is 0. The van der Waals surface area contributed by atoms with Gasteiger partial charge in [0.15, 0.2) is 5.17 Å². The Morgan fingerprint density at radius 2 is 2.08 bits per heavy atom. The molecule has 2 aliphatic heterocycles. The van der Waals surface area contributed by atoms with Crippen LogP contribution >= 0.6 is 36.6 Å². The van der Waals surface area contributed by atoms with Crippen LogP contribution in [0.1, 0.15) is 6.42 Å². The molecule has 0 bridgehead atoms. The maximum absolute atomic E-state index is 5.67. The molecule has 0 aromatic rings. The van der Waals surface area contributed by atoms with Crippen LogP contribution in [0.25, 0.3) is 0 Å². The van der Waals surface area contributed by atoms with E-state index in [0.717, 1.165) is 19.6 Å². The highest BCUT2D eigenvalue weighted by atomic mass is 35.5. The van der Waals surface area contributed by atoms with Crippen LogP contribution in [0.3, 0.4) is 0 Å². The van der Waals surface area contributed by atoms with Crippen molar-refractivity contribution in [2.75, 3.05) is 25.4 Å². The van der Waals surface area contributed by atoms with Gasteiger partial charge in [0.05, 0.1) is 0 Å². The van der Waals surface area contributed by atoms with Crippen LogP contribution in [0, 0.1) is 0 Å². The van der Waals surface area contributed by atoms with Gasteiger partial charge in [0, 0.05) is 31.4 Å². The average Bonchev–Trinajstić information content (AvgIpc) is 2.01. The van der Waals surface area contributed by atoms with Crippen LogP contribution < -0.4 is 5.73 Å². The first-order chi connectivity index (χ1) is 5.36. The second-order valence-corrected chi connectivity index (χ2v) is 4.09. The fourth-order valence-electron chi connectivity index (χ4n) is 1.31. The summed E-state index contributed by atoms with van der Waals surface area (Å²) in [6.07, 6.45) is 1.23. The van der Waals surface area contributed by atoms with E-state index in [1.807, 2.05) is 11.8 Å². The molecule has 0 saturated carbocycles. The lowest BCUT2D eigenvalue weighted by Gasteiger charge is -2.39. The second-order valence-electron chi connectivity index (χ2n) is 3.03. The number of halogens is 2. The molecule has 0 unspecified atom stereocenters. The lowest BCUT2D eigenvalue weighted by Crippen LogP contribution is -2.57. The Hall–Kier alpha value is 0.360. The lowest BCUT2D eigenvalue weighted by molar-refractivity contribution is 0.258. The lowest BCUT2D eigenvalue weighted by atomic mass is 10.1. The molecule has 0 aromatic heterocycles.